The molecule has 0 aromatic carbocycles. The van der Waals surface area contributed by atoms with E-state index in [0.717, 1.165) is 18.8 Å². The fourth-order valence-corrected chi connectivity index (χ4v) is 2.07. The lowest BCUT2D eigenvalue weighted by molar-refractivity contribution is -0.137. The number of hydrogen-bond acceptors (Lipinski definition) is 3. The van der Waals surface area contributed by atoms with Crippen LogP contribution in [-0.4, -0.2) is 33.9 Å². The van der Waals surface area contributed by atoms with Crippen molar-refractivity contribution in [3.63, 3.8) is 0 Å². The maximum atomic E-state index is 10.5. The summed E-state index contributed by atoms with van der Waals surface area (Å²) in [6.45, 7) is 2.05. The molecule has 0 saturated carbocycles. The molecular formula is C11H17N3O2. The third kappa shape index (κ3) is 2.74. The molecule has 0 amide bonds. The highest BCUT2D eigenvalue weighted by atomic mass is 16.4. The predicted molar refractivity (Wildman–Crippen MR) is 60.5 cm³/mol. The zero-order valence-corrected chi connectivity index (χ0v) is 9.30. The highest BCUT2D eigenvalue weighted by Crippen LogP contribution is 2.18. The van der Waals surface area contributed by atoms with Crippen LogP contribution in [0.3, 0.4) is 0 Å². The summed E-state index contributed by atoms with van der Waals surface area (Å²) in [6, 6.07) is 0. The van der Waals surface area contributed by atoms with E-state index < -0.39 is 5.97 Å². The quantitative estimate of drug-likeness (QED) is 0.840. The molecule has 0 bridgehead atoms. The molecule has 1 aromatic rings. The molecule has 1 saturated heterocycles. The molecule has 2 heterocycles. The Balaban J connectivity index is 2.02. The molecule has 0 spiro atoms. The highest BCUT2D eigenvalue weighted by Gasteiger charge is 2.12. The summed E-state index contributed by atoms with van der Waals surface area (Å²) < 4.78 is 1.47. The van der Waals surface area contributed by atoms with Crippen LogP contribution in [0.1, 0.15) is 25.7 Å². The van der Waals surface area contributed by atoms with Crippen molar-refractivity contribution in [1.82, 2.24) is 9.78 Å². The van der Waals surface area contributed by atoms with E-state index >= 15 is 0 Å². The van der Waals surface area contributed by atoms with Crippen LogP contribution in [0.5, 0.6) is 0 Å². The summed E-state index contributed by atoms with van der Waals surface area (Å²) in [7, 11) is 0. The van der Waals surface area contributed by atoms with Crippen molar-refractivity contribution in [2.45, 2.75) is 32.2 Å². The Morgan fingerprint density at radius 3 is 2.62 bits per heavy atom. The van der Waals surface area contributed by atoms with Gasteiger partial charge in [0.15, 0.2) is 0 Å². The Labute approximate surface area is 94.7 Å². The Hall–Kier alpha value is -1.52. The van der Waals surface area contributed by atoms with Gasteiger partial charge in [0.05, 0.1) is 11.9 Å². The standard InChI is InChI=1S/C11H17N3O2/c15-11(16)9-14-8-10(7-12-14)13-5-3-1-2-4-6-13/h7-8H,1-6,9H2,(H,15,16). The highest BCUT2D eigenvalue weighted by molar-refractivity contribution is 5.66. The second kappa shape index (κ2) is 5.01. The predicted octanol–water partition coefficient (Wildman–Crippen LogP) is 1.35. The van der Waals surface area contributed by atoms with Crippen molar-refractivity contribution in [2.24, 2.45) is 0 Å². The van der Waals surface area contributed by atoms with Crippen molar-refractivity contribution in [3.8, 4) is 0 Å². The Morgan fingerprint density at radius 2 is 2.00 bits per heavy atom. The van der Waals surface area contributed by atoms with E-state index in [9.17, 15) is 4.79 Å². The topological polar surface area (TPSA) is 58.4 Å². The van der Waals surface area contributed by atoms with Crippen LogP contribution >= 0.6 is 0 Å². The summed E-state index contributed by atoms with van der Waals surface area (Å²) in [5.41, 5.74) is 1.04. The second-order valence-electron chi connectivity index (χ2n) is 4.19. The normalized spacial score (nSPS) is 17.1. The molecule has 0 atom stereocenters. The number of aromatic nitrogens is 2. The molecule has 16 heavy (non-hydrogen) atoms. The SMILES string of the molecule is O=C(O)Cn1cc(N2CCCCCC2)cn1. The van der Waals surface area contributed by atoms with Crippen molar-refractivity contribution in [2.75, 3.05) is 18.0 Å². The van der Waals surface area contributed by atoms with Crippen molar-refractivity contribution in [3.05, 3.63) is 12.4 Å². The van der Waals surface area contributed by atoms with E-state index in [2.05, 4.69) is 10.00 Å². The first kappa shape index (κ1) is 11.0. The number of carbonyl (C=O) groups is 1. The second-order valence-corrected chi connectivity index (χ2v) is 4.19. The fraction of sp³-hybridized carbons (Fsp3) is 0.636. The number of rotatable bonds is 3. The molecular weight excluding hydrogens is 206 g/mol. The van der Waals surface area contributed by atoms with Gasteiger partial charge in [-0.3, -0.25) is 9.48 Å². The number of aliphatic carboxylic acids is 1. The third-order valence-electron chi connectivity index (χ3n) is 2.89. The molecule has 1 aliphatic heterocycles. The molecule has 1 aromatic heterocycles. The first-order chi connectivity index (χ1) is 7.75. The van der Waals surface area contributed by atoms with Gasteiger partial charge in [0.2, 0.25) is 0 Å². The van der Waals surface area contributed by atoms with Crippen LogP contribution in [0.15, 0.2) is 12.4 Å². The Kier molecular flexibility index (Phi) is 3.44. The van der Waals surface area contributed by atoms with Gasteiger partial charge in [-0.1, -0.05) is 12.8 Å². The molecule has 5 heteroatoms. The van der Waals surface area contributed by atoms with Crippen molar-refractivity contribution >= 4 is 11.7 Å². The van der Waals surface area contributed by atoms with E-state index in [1.807, 2.05) is 6.20 Å². The van der Waals surface area contributed by atoms with Crippen LogP contribution < -0.4 is 4.90 Å². The van der Waals surface area contributed by atoms with Gasteiger partial charge in [0.25, 0.3) is 0 Å². The molecule has 0 unspecified atom stereocenters. The van der Waals surface area contributed by atoms with Gasteiger partial charge < -0.3 is 10.0 Å². The maximum Gasteiger partial charge on any atom is 0.325 e. The van der Waals surface area contributed by atoms with Crippen LogP contribution in [0.2, 0.25) is 0 Å². The summed E-state index contributed by atoms with van der Waals surface area (Å²) in [5, 5.41) is 12.7. The smallest absolute Gasteiger partial charge is 0.325 e. The number of nitrogens with zero attached hydrogens (tertiary/aromatic N) is 3. The van der Waals surface area contributed by atoms with Gasteiger partial charge in [-0.05, 0) is 12.8 Å². The summed E-state index contributed by atoms with van der Waals surface area (Å²) in [5.74, 6) is -0.856. The van der Waals surface area contributed by atoms with E-state index in [1.54, 1.807) is 6.20 Å². The van der Waals surface area contributed by atoms with Crippen LogP contribution in [-0.2, 0) is 11.3 Å². The summed E-state index contributed by atoms with van der Waals surface area (Å²) in [6.07, 6.45) is 8.58. The van der Waals surface area contributed by atoms with Gasteiger partial charge in [0.1, 0.15) is 6.54 Å². The number of anilines is 1. The largest absolute Gasteiger partial charge is 0.480 e. The third-order valence-corrected chi connectivity index (χ3v) is 2.89. The molecule has 88 valence electrons. The van der Waals surface area contributed by atoms with Crippen LogP contribution in [0, 0.1) is 0 Å². The van der Waals surface area contributed by atoms with E-state index in [4.69, 9.17) is 5.11 Å². The summed E-state index contributed by atoms with van der Waals surface area (Å²) in [4.78, 5) is 12.8. The molecule has 0 radical (unpaired) electrons. The number of carboxylic acids is 1. The average Bonchev–Trinajstić information content (AvgIpc) is 2.53. The van der Waals surface area contributed by atoms with E-state index in [0.29, 0.717) is 0 Å². The van der Waals surface area contributed by atoms with Gasteiger partial charge in [0, 0.05) is 19.3 Å². The molecule has 2 rings (SSSR count). The van der Waals surface area contributed by atoms with Gasteiger partial charge in [-0.2, -0.15) is 5.10 Å². The zero-order chi connectivity index (χ0) is 11.4. The van der Waals surface area contributed by atoms with Gasteiger partial charge in [-0.25, -0.2) is 0 Å². The number of carboxylic acid groups (broad SMARTS) is 1. The van der Waals surface area contributed by atoms with E-state index in [1.165, 1.54) is 30.4 Å². The van der Waals surface area contributed by atoms with Gasteiger partial charge in [-0.15, -0.1) is 0 Å². The van der Waals surface area contributed by atoms with Gasteiger partial charge >= 0.3 is 5.97 Å². The molecule has 5 nitrogen and oxygen atoms in total. The lowest BCUT2D eigenvalue weighted by Crippen LogP contribution is -2.23. The van der Waals surface area contributed by atoms with Crippen LogP contribution in [0.4, 0.5) is 5.69 Å². The molecule has 0 aliphatic carbocycles. The lowest BCUT2D eigenvalue weighted by Gasteiger charge is -2.19. The van der Waals surface area contributed by atoms with Crippen LogP contribution in [0.25, 0.3) is 0 Å². The minimum atomic E-state index is -0.856. The van der Waals surface area contributed by atoms with E-state index in [-0.39, 0.29) is 6.54 Å². The van der Waals surface area contributed by atoms with Crippen molar-refractivity contribution in [1.29, 1.82) is 0 Å². The van der Waals surface area contributed by atoms with Crippen molar-refractivity contribution < 1.29 is 9.90 Å². The molecule has 1 N–H and O–H groups in total. The first-order valence-corrected chi connectivity index (χ1v) is 5.75. The fourth-order valence-electron chi connectivity index (χ4n) is 2.07. The monoisotopic (exact) mass is 223 g/mol. The average molecular weight is 223 g/mol. The Morgan fingerprint density at radius 1 is 1.31 bits per heavy atom. The maximum absolute atomic E-state index is 10.5. The Bertz CT molecular complexity index is 354. The molecule has 1 aliphatic rings. The minimum Gasteiger partial charge on any atom is -0.480 e. The minimum absolute atomic E-state index is 0.0617. The first-order valence-electron chi connectivity index (χ1n) is 5.75. The lowest BCUT2D eigenvalue weighted by atomic mass is 10.2. The molecule has 1 fully saturated rings. The summed E-state index contributed by atoms with van der Waals surface area (Å²) >= 11 is 0. The zero-order valence-electron chi connectivity index (χ0n) is 9.30. The number of hydrogen-bond donors (Lipinski definition) is 1.